The van der Waals surface area contributed by atoms with Gasteiger partial charge in [-0.05, 0) is 23.3 Å². The molecule has 5 nitrogen and oxygen atoms in total. The zero-order chi connectivity index (χ0) is 18.5. The predicted molar refractivity (Wildman–Crippen MR) is 99.5 cm³/mol. The Hall–Kier alpha value is -2.53. The van der Waals surface area contributed by atoms with Gasteiger partial charge in [-0.1, -0.05) is 30.3 Å². The highest BCUT2D eigenvalue weighted by molar-refractivity contribution is 5.74. The average molecular weight is 355 g/mol. The number of carbonyl (C=O) groups excluding carboxylic acids is 1. The van der Waals surface area contributed by atoms with E-state index in [1.807, 2.05) is 36.4 Å². The molecule has 0 radical (unpaired) electrons. The van der Waals surface area contributed by atoms with Crippen molar-refractivity contribution < 1.29 is 19.0 Å². The molecule has 1 heterocycles. The molecular formula is C21H25NO4. The van der Waals surface area contributed by atoms with Crippen molar-refractivity contribution in [2.24, 2.45) is 5.92 Å². The van der Waals surface area contributed by atoms with Gasteiger partial charge >= 0.3 is 5.97 Å². The van der Waals surface area contributed by atoms with Crippen LogP contribution in [0.1, 0.15) is 17.0 Å². The first-order valence-corrected chi connectivity index (χ1v) is 8.71. The topological polar surface area (TPSA) is 48.0 Å². The van der Waals surface area contributed by atoms with Crippen LogP contribution >= 0.6 is 0 Å². The third kappa shape index (κ3) is 3.99. The minimum absolute atomic E-state index is 0.0372. The standard InChI is InChI=1S/C21H25NO4/c1-24-17-9-16(10-18(11-17)25-2)19-13-22(14-20(19)21(23)26-3)12-15-7-5-4-6-8-15/h4-11,19-20H,12-14H2,1-3H3. The molecule has 2 aromatic carbocycles. The molecule has 0 spiro atoms. The second-order valence-corrected chi connectivity index (χ2v) is 6.56. The molecule has 1 aliphatic rings. The van der Waals surface area contributed by atoms with Crippen molar-refractivity contribution in [2.45, 2.75) is 12.5 Å². The van der Waals surface area contributed by atoms with E-state index in [2.05, 4.69) is 17.0 Å². The van der Waals surface area contributed by atoms with Gasteiger partial charge in [0.25, 0.3) is 0 Å². The number of likely N-dealkylation sites (tertiary alicyclic amines) is 1. The lowest BCUT2D eigenvalue weighted by Crippen LogP contribution is -2.24. The van der Waals surface area contributed by atoms with Crippen molar-refractivity contribution in [2.75, 3.05) is 34.4 Å². The number of carbonyl (C=O) groups is 1. The largest absolute Gasteiger partial charge is 0.497 e. The molecule has 1 aliphatic heterocycles. The molecule has 0 bridgehead atoms. The summed E-state index contributed by atoms with van der Waals surface area (Å²) in [7, 11) is 4.71. The van der Waals surface area contributed by atoms with Crippen LogP contribution in [0.2, 0.25) is 0 Å². The molecule has 0 aromatic heterocycles. The van der Waals surface area contributed by atoms with Crippen molar-refractivity contribution in [3.05, 3.63) is 59.7 Å². The molecule has 5 heteroatoms. The first-order valence-electron chi connectivity index (χ1n) is 8.71. The molecule has 1 saturated heterocycles. The van der Waals surface area contributed by atoms with Crippen LogP contribution in [-0.2, 0) is 16.1 Å². The van der Waals surface area contributed by atoms with E-state index < -0.39 is 0 Å². The molecule has 0 amide bonds. The Morgan fingerprint density at radius 1 is 1.00 bits per heavy atom. The van der Waals surface area contributed by atoms with Crippen molar-refractivity contribution in [1.29, 1.82) is 0 Å². The Kier molecular flexibility index (Phi) is 5.78. The van der Waals surface area contributed by atoms with E-state index in [0.29, 0.717) is 6.54 Å². The smallest absolute Gasteiger partial charge is 0.310 e. The summed E-state index contributed by atoms with van der Waals surface area (Å²) in [6.45, 7) is 2.27. The van der Waals surface area contributed by atoms with E-state index >= 15 is 0 Å². The van der Waals surface area contributed by atoms with Gasteiger partial charge in [0, 0.05) is 31.6 Å². The Balaban J connectivity index is 1.87. The second kappa shape index (κ2) is 8.23. The van der Waals surface area contributed by atoms with Crippen LogP contribution in [0, 0.1) is 5.92 Å². The average Bonchev–Trinajstić information content (AvgIpc) is 3.11. The fourth-order valence-corrected chi connectivity index (χ4v) is 3.63. The fourth-order valence-electron chi connectivity index (χ4n) is 3.63. The molecular weight excluding hydrogens is 330 g/mol. The molecule has 0 aliphatic carbocycles. The number of hydrogen-bond donors (Lipinski definition) is 0. The monoisotopic (exact) mass is 355 g/mol. The number of nitrogens with zero attached hydrogens (tertiary/aromatic N) is 1. The highest BCUT2D eigenvalue weighted by atomic mass is 16.5. The van der Waals surface area contributed by atoms with Crippen molar-refractivity contribution in [3.63, 3.8) is 0 Å². The third-order valence-corrected chi connectivity index (χ3v) is 4.95. The molecule has 0 saturated carbocycles. The van der Waals surface area contributed by atoms with Crippen LogP contribution in [0.5, 0.6) is 11.5 Å². The number of methoxy groups -OCH3 is 3. The van der Waals surface area contributed by atoms with Crippen LogP contribution in [0.15, 0.2) is 48.5 Å². The molecule has 2 aromatic rings. The van der Waals surface area contributed by atoms with Gasteiger partial charge in [0.05, 0.1) is 27.2 Å². The van der Waals surface area contributed by atoms with E-state index in [4.69, 9.17) is 14.2 Å². The number of ether oxygens (including phenoxy) is 3. The minimum Gasteiger partial charge on any atom is -0.497 e. The fraction of sp³-hybridized carbons (Fsp3) is 0.381. The van der Waals surface area contributed by atoms with Gasteiger partial charge in [-0.2, -0.15) is 0 Å². The van der Waals surface area contributed by atoms with Gasteiger partial charge in [-0.25, -0.2) is 0 Å². The maximum Gasteiger partial charge on any atom is 0.310 e. The maximum atomic E-state index is 12.4. The Morgan fingerprint density at radius 3 is 2.23 bits per heavy atom. The number of esters is 1. The lowest BCUT2D eigenvalue weighted by Gasteiger charge is -2.18. The van der Waals surface area contributed by atoms with Crippen molar-refractivity contribution in [1.82, 2.24) is 4.90 Å². The van der Waals surface area contributed by atoms with E-state index in [9.17, 15) is 4.79 Å². The zero-order valence-corrected chi connectivity index (χ0v) is 15.5. The van der Waals surface area contributed by atoms with Crippen LogP contribution in [0.3, 0.4) is 0 Å². The summed E-state index contributed by atoms with van der Waals surface area (Å²) >= 11 is 0. The summed E-state index contributed by atoms with van der Waals surface area (Å²) in [4.78, 5) is 14.7. The van der Waals surface area contributed by atoms with Gasteiger partial charge in [0.2, 0.25) is 0 Å². The predicted octanol–water partition coefficient (Wildman–Crippen LogP) is 3.09. The molecule has 138 valence electrons. The summed E-state index contributed by atoms with van der Waals surface area (Å²) in [5.41, 5.74) is 2.27. The van der Waals surface area contributed by atoms with Crippen LogP contribution < -0.4 is 9.47 Å². The third-order valence-electron chi connectivity index (χ3n) is 4.95. The van der Waals surface area contributed by atoms with Gasteiger partial charge in [-0.15, -0.1) is 0 Å². The van der Waals surface area contributed by atoms with E-state index in [0.717, 1.165) is 30.2 Å². The summed E-state index contributed by atoms with van der Waals surface area (Å²) < 4.78 is 15.9. The molecule has 0 N–H and O–H groups in total. The SMILES string of the molecule is COC(=O)C1CN(Cc2ccccc2)CC1c1cc(OC)cc(OC)c1. The lowest BCUT2D eigenvalue weighted by molar-refractivity contribution is -0.145. The van der Waals surface area contributed by atoms with Crippen LogP contribution in [0.25, 0.3) is 0 Å². The van der Waals surface area contributed by atoms with Gasteiger partial charge in [0.1, 0.15) is 11.5 Å². The Bertz CT molecular complexity index is 725. The van der Waals surface area contributed by atoms with Gasteiger partial charge in [0.15, 0.2) is 0 Å². The molecule has 2 unspecified atom stereocenters. The second-order valence-electron chi connectivity index (χ2n) is 6.56. The van der Waals surface area contributed by atoms with Crippen molar-refractivity contribution >= 4 is 5.97 Å². The van der Waals surface area contributed by atoms with Gasteiger partial charge in [-0.3, -0.25) is 9.69 Å². The zero-order valence-electron chi connectivity index (χ0n) is 15.5. The lowest BCUT2D eigenvalue weighted by atomic mass is 9.88. The summed E-state index contributed by atoms with van der Waals surface area (Å²) in [6, 6.07) is 16.1. The summed E-state index contributed by atoms with van der Waals surface area (Å²) in [5, 5.41) is 0. The van der Waals surface area contributed by atoms with Crippen LogP contribution in [0.4, 0.5) is 0 Å². The number of rotatable bonds is 6. The number of benzene rings is 2. The minimum atomic E-state index is -0.208. The number of hydrogen-bond acceptors (Lipinski definition) is 5. The molecule has 3 rings (SSSR count). The van der Waals surface area contributed by atoms with Crippen molar-refractivity contribution in [3.8, 4) is 11.5 Å². The molecule has 1 fully saturated rings. The molecule has 26 heavy (non-hydrogen) atoms. The molecule has 2 atom stereocenters. The van der Waals surface area contributed by atoms with E-state index in [1.54, 1.807) is 14.2 Å². The first kappa shape index (κ1) is 18.3. The first-order chi connectivity index (χ1) is 12.6. The highest BCUT2D eigenvalue weighted by Crippen LogP contribution is 2.37. The Labute approximate surface area is 154 Å². The summed E-state index contributed by atoms with van der Waals surface area (Å²) in [5.74, 6) is 1.11. The maximum absolute atomic E-state index is 12.4. The quantitative estimate of drug-likeness (QED) is 0.745. The van der Waals surface area contributed by atoms with E-state index in [-0.39, 0.29) is 17.8 Å². The Morgan fingerprint density at radius 2 is 1.65 bits per heavy atom. The normalized spacial score (nSPS) is 20.0. The van der Waals surface area contributed by atoms with E-state index in [1.165, 1.54) is 12.7 Å². The van der Waals surface area contributed by atoms with Gasteiger partial charge < -0.3 is 14.2 Å². The highest BCUT2D eigenvalue weighted by Gasteiger charge is 2.39. The van der Waals surface area contributed by atoms with Crippen LogP contribution in [-0.4, -0.2) is 45.3 Å². The summed E-state index contributed by atoms with van der Waals surface area (Å²) in [6.07, 6.45) is 0.